The van der Waals surface area contributed by atoms with E-state index in [-0.39, 0.29) is 11.7 Å². The molecule has 0 bridgehead atoms. The average molecular weight is 420 g/mol. The number of para-hydroxylation sites is 2. The smallest absolute Gasteiger partial charge is 0.236 e. The molecule has 0 spiro atoms. The van der Waals surface area contributed by atoms with E-state index < -0.39 is 15.9 Å². The van der Waals surface area contributed by atoms with E-state index >= 15 is 0 Å². The van der Waals surface area contributed by atoms with Crippen LogP contribution in [0.4, 0.5) is 11.4 Å². The van der Waals surface area contributed by atoms with Gasteiger partial charge in [-0.15, -0.1) is 0 Å². The van der Waals surface area contributed by atoms with E-state index in [1.54, 1.807) is 24.3 Å². The van der Waals surface area contributed by atoms with E-state index in [4.69, 9.17) is 4.74 Å². The Hall–Kier alpha value is -3.32. The van der Waals surface area contributed by atoms with Gasteiger partial charge < -0.3 is 10.1 Å². The zero-order chi connectivity index (χ0) is 20.7. The second-order valence-electron chi connectivity index (χ2n) is 7.39. The van der Waals surface area contributed by atoms with Crippen LogP contribution in [0, 0.1) is 0 Å². The first-order valence-corrected chi connectivity index (χ1v) is 11.4. The monoisotopic (exact) mass is 420 g/mol. The fourth-order valence-electron chi connectivity index (χ4n) is 4.05. The van der Waals surface area contributed by atoms with Crippen molar-refractivity contribution in [1.29, 1.82) is 0 Å². The Balaban J connectivity index is 1.42. The van der Waals surface area contributed by atoms with Gasteiger partial charge in [0, 0.05) is 23.4 Å². The van der Waals surface area contributed by atoms with E-state index in [0.717, 1.165) is 11.1 Å². The number of carbonyl (C=O) groups is 1. The van der Waals surface area contributed by atoms with Gasteiger partial charge in [-0.25, -0.2) is 8.42 Å². The maximum absolute atomic E-state index is 13.3. The summed E-state index contributed by atoms with van der Waals surface area (Å²) in [6.45, 7) is 0.490. The summed E-state index contributed by atoms with van der Waals surface area (Å²) in [5, 5.41) is 2.97. The van der Waals surface area contributed by atoms with Gasteiger partial charge in [0.15, 0.2) is 0 Å². The van der Waals surface area contributed by atoms with Gasteiger partial charge in [-0.3, -0.25) is 9.10 Å². The Morgan fingerprint density at radius 2 is 1.50 bits per heavy atom. The quantitative estimate of drug-likeness (QED) is 0.692. The van der Waals surface area contributed by atoms with Gasteiger partial charge >= 0.3 is 0 Å². The van der Waals surface area contributed by atoms with E-state index in [9.17, 15) is 13.2 Å². The van der Waals surface area contributed by atoms with E-state index in [0.29, 0.717) is 35.8 Å². The number of benzene rings is 3. The van der Waals surface area contributed by atoms with Crippen LogP contribution in [0.5, 0.6) is 11.5 Å². The van der Waals surface area contributed by atoms with Crippen molar-refractivity contribution in [3.63, 3.8) is 0 Å². The number of hydrogen-bond donors (Lipinski definition) is 1. The Labute approximate surface area is 175 Å². The second kappa shape index (κ2) is 7.18. The molecule has 3 aromatic carbocycles. The topological polar surface area (TPSA) is 75.7 Å². The molecule has 152 valence electrons. The highest BCUT2D eigenvalue weighted by molar-refractivity contribution is 7.93. The first-order chi connectivity index (χ1) is 14.5. The molecule has 2 aliphatic rings. The number of fused-ring (bicyclic) bond motifs is 2. The summed E-state index contributed by atoms with van der Waals surface area (Å²) in [5.41, 5.74) is 2.86. The maximum Gasteiger partial charge on any atom is 0.236 e. The fourth-order valence-corrected chi connectivity index (χ4v) is 5.61. The molecule has 1 fully saturated rings. The van der Waals surface area contributed by atoms with Gasteiger partial charge in [0.1, 0.15) is 11.5 Å². The molecule has 7 heteroatoms. The second-order valence-corrected chi connectivity index (χ2v) is 9.40. The summed E-state index contributed by atoms with van der Waals surface area (Å²) >= 11 is 0. The van der Waals surface area contributed by atoms with Crippen LogP contribution in [0.2, 0.25) is 0 Å². The first kappa shape index (κ1) is 18.7. The number of amides is 1. The van der Waals surface area contributed by atoms with Crippen LogP contribution in [0.3, 0.4) is 0 Å². The molecule has 3 aromatic rings. The van der Waals surface area contributed by atoms with Crippen LogP contribution in [-0.4, -0.2) is 26.6 Å². The highest BCUT2D eigenvalue weighted by Gasteiger charge is 2.32. The highest BCUT2D eigenvalue weighted by atomic mass is 32.2. The number of anilines is 2. The number of sulfonamides is 1. The lowest BCUT2D eigenvalue weighted by Gasteiger charge is -2.27. The predicted molar refractivity (Wildman–Crippen MR) is 116 cm³/mol. The molecule has 1 N–H and O–H groups in total. The van der Waals surface area contributed by atoms with E-state index in [1.165, 1.54) is 4.31 Å². The van der Waals surface area contributed by atoms with E-state index in [1.807, 2.05) is 48.5 Å². The van der Waals surface area contributed by atoms with Crippen molar-refractivity contribution < 1.29 is 17.9 Å². The lowest BCUT2D eigenvalue weighted by atomic mass is 9.87. The summed E-state index contributed by atoms with van der Waals surface area (Å²) in [6, 6.07) is 22.0. The van der Waals surface area contributed by atoms with Crippen LogP contribution < -0.4 is 14.4 Å². The summed E-state index contributed by atoms with van der Waals surface area (Å²) in [7, 11) is -3.23. The number of rotatable bonds is 3. The van der Waals surface area contributed by atoms with Gasteiger partial charge in [-0.05, 0) is 42.8 Å². The normalized spacial score (nSPS) is 17.0. The molecule has 1 amide bonds. The molecule has 0 radical (unpaired) electrons. The van der Waals surface area contributed by atoms with Gasteiger partial charge in [-0.2, -0.15) is 0 Å². The molecule has 6 nitrogen and oxygen atoms in total. The van der Waals surface area contributed by atoms with Gasteiger partial charge in [0.25, 0.3) is 0 Å². The molecular weight excluding hydrogens is 400 g/mol. The van der Waals surface area contributed by atoms with Gasteiger partial charge in [0.05, 0.1) is 17.4 Å². The van der Waals surface area contributed by atoms with Crippen molar-refractivity contribution >= 4 is 27.3 Å². The molecule has 30 heavy (non-hydrogen) atoms. The fraction of sp³-hybridized carbons (Fsp3) is 0.174. The zero-order valence-electron chi connectivity index (χ0n) is 16.1. The number of nitrogens with zero attached hydrogens (tertiary/aromatic N) is 1. The average Bonchev–Trinajstić information content (AvgIpc) is 3.11. The highest BCUT2D eigenvalue weighted by Crippen LogP contribution is 2.44. The molecule has 0 atom stereocenters. The number of nitrogens with one attached hydrogen (secondary N) is 1. The van der Waals surface area contributed by atoms with Crippen LogP contribution >= 0.6 is 0 Å². The summed E-state index contributed by atoms with van der Waals surface area (Å²) in [5.74, 6) is 0.857. The third-order valence-corrected chi connectivity index (χ3v) is 7.33. The molecule has 0 unspecified atom stereocenters. The van der Waals surface area contributed by atoms with Crippen molar-refractivity contribution in [2.24, 2.45) is 0 Å². The number of hydrogen-bond acceptors (Lipinski definition) is 4. The van der Waals surface area contributed by atoms with Crippen LogP contribution in [0.25, 0.3) is 0 Å². The summed E-state index contributed by atoms with van der Waals surface area (Å²) < 4.78 is 31.6. The lowest BCUT2D eigenvalue weighted by Crippen LogP contribution is -2.26. The molecule has 2 heterocycles. The molecule has 2 aliphatic heterocycles. The molecule has 1 saturated heterocycles. The van der Waals surface area contributed by atoms with Crippen LogP contribution in [0.15, 0.2) is 72.8 Å². The van der Waals surface area contributed by atoms with Crippen molar-refractivity contribution in [2.45, 2.75) is 12.3 Å². The predicted octanol–water partition coefficient (Wildman–Crippen LogP) is 4.10. The van der Waals surface area contributed by atoms with Crippen LogP contribution in [-0.2, 0) is 14.8 Å². The molecule has 5 rings (SSSR count). The molecular formula is C23H20N2O4S. The van der Waals surface area contributed by atoms with Crippen molar-refractivity contribution in [3.05, 3.63) is 83.9 Å². The minimum atomic E-state index is -3.23. The third kappa shape index (κ3) is 3.21. The minimum Gasteiger partial charge on any atom is -0.457 e. The standard InChI is InChI=1S/C23H20N2O4S/c26-23(24-16-10-12-17(13-11-16)25-14-5-15-30(25,27)28)22-18-6-1-3-8-20(18)29-21-9-4-2-7-19(21)22/h1-4,6-13,22H,5,14-15H2,(H,24,26). The van der Waals surface area contributed by atoms with Crippen molar-refractivity contribution in [1.82, 2.24) is 0 Å². The molecule has 0 aromatic heterocycles. The van der Waals surface area contributed by atoms with Crippen molar-refractivity contribution in [2.75, 3.05) is 21.9 Å². The Kier molecular flexibility index (Phi) is 4.47. The Morgan fingerprint density at radius 1 is 0.900 bits per heavy atom. The maximum atomic E-state index is 13.3. The Morgan fingerprint density at radius 3 is 2.07 bits per heavy atom. The largest absolute Gasteiger partial charge is 0.457 e. The van der Waals surface area contributed by atoms with Gasteiger partial charge in [0.2, 0.25) is 15.9 Å². The molecule has 0 saturated carbocycles. The van der Waals surface area contributed by atoms with Crippen molar-refractivity contribution in [3.8, 4) is 11.5 Å². The SMILES string of the molecule is O=C(Nc1ccc(N2CCCS2(=O)=O)cc1)C1c2ccccc2Oc2ccccc21. The van der Waals surface area contributed by atoms with E-state index in [2.05, 4.69) is 5.32 Å². The van der Waals surface area contributed by atoms with Gasteiger partial charge in [-0.1, -0.05) is 36.4 Å². The summed E-state index contributed by atoms with van der Waals surface area (Å²) in [4.78, 5) is 13.3. The zero-order valence-corrected chi connectivity index (χ0v) is 16.9. The minimum absolute atomic E-state index is 0.167. The number of ether oxygens (including phenoxy) is 1. The first-order valence-electron chi connectivity index (χ1n) is 9.80. The van der Waals surface area contributed by atoms with Crippen LogP contribution in [0.1, 0.15) is 23.5 Å². The third-order valence-electron chi connectivity index (χ3n) is 5.46. The number of carbonyl (C=O) groups excluding carboxylic acids is 1. The summed E-state index contributed by atoms with van der Waals surface area (Å²) in [6.07, 6.45) is 0.628. The lowest BCUT2D eigenvalue weighted by molar-refractivity contribution is -0.116. The molecule has 0 aliphatic carbocycles. The Bertz CT molecular complexity index is 1180.